The van der Waals surface area contributed by atoms with Crippen LogP contribution in [-0.2, 0) is 22.8 Å². The average molecular weight is 393 g/mol. The summed E-state index contributed by atoms with van der Waals surface area (Å²) in [5.74, 6) is 0.261. The summed E-state index contributed by atoms with van der Waals surface area (Å²) in [6.45, 7) is 1.61. The first-order valence-electron chi connectivity index (χ1n) is 10.1. The molecule has 1 N–H and O–H groups in total. The summed E-state index contributed by atoms with van der Waals surface area (Å²) in [5, 5.41) is 12.0. The van der Waals surface area contributed by atoms with Gasteiger partial charge < -0.3 is 9.84 Å². The molecule has 4 atom stereocenters. The molecular weight excluding hydrogens is 371 g/mol. The van der Waals surface area contributed by atoms with E-state index in [4.69, 9.17) is 4.74 Å². The molecule has 1 spiro atoms. The molecule has 4 nitrogen and oxygen atoms in total. The molecule has 0 radical (unpaired) electrons. The zero-order chi connectivity index (χ0) is 19.5. The van der Waals surface area contributed by atoms with Gasteiger partial charge in [0.25, 0.3) is 0 Å². The summed E-state index contributed by atoms with van der Waals surface area (Å²) in [4.78, 5) is 15.1. The summed E-state index contributed by atoms with van der Waals surface area (Å²) in [7, 11) is 0. The first-order chi connectivity index (χ1) is 13.3. The van der Waals surface area contributed by atoms with Gasteiger partial charge in [-0.2, -0.15) is 13.2 Å². The minimum absolute atomic E-state index is 0.154. The van der Waals surface area contributed by atoms with Gasteiger partial charge in [0.15, 0.2) is 11.9 Å². The fourth-order valence-corrected chi connectivity index (χ4v) is 6.50. The van der Waals surface area contributed by atoms with Gasteiger partial charge in [-0.3, -0.25) is 9.69 Å². The van der Waals surface area contributed by atoms with Crippen LogP contribution >= 0.6 is 0 Å². The average Bonchev–Trinajstić information content (AvgIpc) is 3.36. The number of halogens is 3. The molecule has 7 heteroatoms. The monoisotopic (exact) mass is 393 g/mol. The standard InChI is InChI=1S/C21H22F3NO3/c22-21(23,24)13-4-3-12-9-15-20(27)6-5-14(26)18-19(20,16(12)17(13)28-18)7-8-25(15)10-11-1-2-11/h3-4,11,15,18,27H,1-2,5-10H2/t15-,18+,19+,20-/m1/s1. The number of rotatable bonds is 2. The third kappa shape index (κ3) is 1.92. The quantitative estimate of drug-likeness (QED) is 0.840. The maximum atomic E-state index is 13.7. The third-order valence-corrected chi connectivity index (χ3v) is 7.88. The van der Waals surface area contributed by atoms with Gasteiger partial charge in [0, 0.05) is 24.6 Å². The number of likely N-dealkylation sites (tertiary alicyclic amines) is 1. The van der Waals surface area contributed by atoms with E-state index in [1.807, 2.05) is 0 Å². The van der Waals surface area contributed by atoms with Crippen LogP contribution in [0.25, 0.3) is 0 Å². The maximum Gasteiger partial charge on any atom is 0.419 e. The molecule has 5 aliphatic rings. The Morgan fingerprint density at radius 3 is 2.75 bits per heavy atom. The Bertz CT molecular complexity index is 896. The Kier molecular flexibility index (Phi) is 3.15. The summed E-state index contributed by atoms with van der Waals surface area (Å²) in [6.07, 6.45) is -1.73. The van der Waals surface area contributed by atoms with Crippen LogP contribution in [0.1, 0.15) is 48.8 Å². The molecule has 2 saturated carbocycles. The van der Waals surface area contributed by atoms with E-state index >= 15 is 0 Å². The van der Waals surface area contributed by atoms with Gasteiger partial charge in [-0.25, -0.2) is 0 Å². The van der Waals surface area contributed by atoms with Crippen LogP contribution in [0.15, 0.2) is 12.1 Å². The fourth-order valence-electron chi connectivity index (χ4n) is 6.50. The zero-order valence-electron chi connectivity index (χ0n) is 15.4. The van der Waals surface area contributed by atoms with Gasteiger partial charge in [0.2, 0.25) is 0 Å². The highest BCUT2D eigenvalue weighted by atomic mass is 19.4. The van der Waals surface area contributed by atoms with Crippen LogP contribution in [0.4, 0.5) is 13.2 Å². The number of nitrogens with zero attached hydrogens (tertiary/aromatic N) is 1. The second-order valence-electron chi connectivity index (χ2n) is 9.24. The minimum Gasteiger partial charge on any atom is -0.481 e. The Morgan fingerprint density at radius 2 is 2.04 bits per heavy atom. The highest BCUT2D eigenvalue weighted by Gasteiger charge is 2.73. The van der Waals surface area contributed by atoms with Crippen molar-refractivity contribution >= 4 is 5.78 Å². The lowest BCUT2D eigenvalue weighted by atomic mass is 9.49. The molecule has 2 aliphatic heterocycles. The van der Waals surface area contributed by atoms with Crippen molar-refractivity contribution in [3.05, 3.63) is 28.8 Å². The van der Waals surface area contributed by atoms with E-state index in [1.165, 1.54) is 12.8 Å². The third-order valence-electron chi connectivity index (χ3n) is 7.88. The largest absolute Gasteiger partial charge is 0.481 e. The number of Topliss-reactive ketones (excluding diaryl/α,β-unsaturated/α-hetero) is 1. The lowest BCUT2D eigenvalue weighted by Crippen LogP contribution is -2.76. The van der Waals surface area contributed by atoms with Gasteiger partial charge in [-0.15, -0.1) is 0 Å². The van der Waals surface area contributed by atoms with Gasteiger partial charge in [-0.1, -0.05) is 6.07 Å². The van der Waals surface area contributed by atoms with Crippen molar-refractivity contribution < 1.29 is 27.8 Å². The summed E-state index contributed by atoms with van der Waals surface area (Å²) < 4.78 is 46.8. The van der Waals surface area contributed by atoms with Crippen molar-refractivity contribution in [2.45, 2.75) is 67.9 Å². The lowest BCUT2D eigenvalue weighted by molar-refractivity contribution is -0.189. The number of ether oxygens (including phenoxy) is 1. The van der Waals surface area contributed by atoms with Gasteiger partial charge >= 0.3 is 6.18 Å². The molecule has 0 unspecified atom stereocenters. The highest BCUT2D eigenvalue weighted by molar-refractivity contribution is 5.89. The molecule has 28 heavy (non-hydrogen) atoms. The van der Waals surface area contributed by atoms with E-state index in [0.717, 1.165) is 18.2 Å². The number of benzene rings is 1. The molecule has 1 aromatic rings. The Labute approximate surface area is 160 Å². The first kappa shape index (κ1) is 17.3. The Hall–Kier alpha value is -1.60. The van der Waals surface area contributed by atoms with E-state index in [0.29, 0.717) is 37.3 Å². The van der Waals surface area contributed by atoms with Crippen molar-refractivity contribution in [3.8, 4) is 5.75 Å². The zero-order valence-corrected chi connectivity index (χ0v) is 15.4. The van der Waals surface area contributed by atoms with Crippen molar-refractivity contribution in [1.82, 2.24) is 4.90 Å². The van der Waals surface area contributed by atoms with Crippen molar-refractivity contribution in [1.29, 1.82) is 0 Å². The summed E-state index contributed by atoms with van der Waals surface area (Å²) >= 11 is 0. The number of alkyl halides is 3. The predicted octanol–water partition coefficient (Wildman–Crippen LogP) is 2.84. The van der Waals surface area contributed by atoms with Gasteiger partial charge in [0.05, 0.1) is 16.6 Å². The SMILES string of the molecule is O=C1CC[C@@]2(O)[C@H]3Cc4ccc(C(F)(F)F)c5c4[C@@]2(CCN3CC2CC2)[C@H]1O5. The normalized spacial score (nSPS) is 38.9. The van der Waals surface area contributed by atoms with E-state index in [2.05, 4.69) is 4.90 Å². The van der Waals surface area contributed by atoms with E-state index in [1.54, 1.807) is 6.07 Å². The molecule has 0 amide bonds. The van der Waals surface area contributed by atoms with E-state index in [9.17, 15) is 23.1 Å². The number of hydrogen-bond donors (Lipinski definition) is 1. The molecule has 6 rings (SSSR count). The smallest absolute Gasteiger partial charge is 0.419 e. The molecule has 1 saturated heterocycles. The Balaban J connectivity index is 1.58. The summed E-state index contributed by atoms with van der Waals surface area (Å²) in [6, 6.07) is 2.45. The predicted molar refractivity (Wildman–Crippen MR) is 93.1 cm³/mol. The fraction of sp³-hybridized carbons (Fsp3) is 0.667. The molecule has 3 fully saturated rings. The number of carbonyl (C=O) groups is 1. The van der Waals surface area contributed by atoms with Gasteiger partial charge in [-0.05, 0) is 56.2 Å². The maximum absolute atomic E-state index is 13.7. The minimum atomic E-state index is -4.56. The molecular formula is C21H22F3NO3. The van der Waals surface area contributed by atoms with Crippen molar-refractivity contribution in [2.24, 2.45) is 5.92 Å². The van der Waals surface area contributed by atoms with Crippen molar-refractivity contribution in [2.75, 3.05) is 13.1 Å². The van der Waals surface area contributed by atoms with E-state index < -0.39 is 28.9 Å². The number of ketones is 1. The van der Waals surface area contributed by atoms with Crippen LogP contribution in [0.3, 0.4) is 0 Å². The van der Waals surface area contributed by atoms with Crippen LogP contribution in [-0.4, -0.2) is 46.6 Å². The molecule has 1 aromatic carbocycles. The van der Waals surface area contributed by atoms with Crippen LogP contribution in [0, 0.1) is 5.92 Å². The Morgan fingerprint density at radius 1 is 1.25 bits per heavy atom. The number of aliphatic hydroxyl groups is 1. The molecule has 3 aliphatic carbocycles. The molecule has 150 valence electrons. The second-order valence-corrected chi connectivity index (χ2v) is 9.24. The number of carbonyl (C=O) groups excluding carboxylic acids is 1. The topological polar surface area (TPSA) is 49.8 Å². The number of hydrogen-bond acceptors (Lipinski definition) is 4. The lowest BCUT2D eigenvalue weighted by Gasteiger charge is -2.62. The van der Waals surface area contributed by atoms with Gasteiger partial charge in [0.1, 0.15) is 5.75 Å². The van der Waals surface area contributed by atoms with E-state index in [-0.39, 0.29) is 24.0 Å². The first-order valence-corrected chi connectivity index (χ1v) is 10.1. The highest BCUT2D eigenvalue weighted by Crippen LogP contribution is 2.65. The molecule has 2 bridgehead atoms. The number of piperidine rings is 1. The molecule has 2 heterocycles. The van der Waals surface area contributed by atoms with Crippen LogP contribution in [0.5, 0.6) is 5.75 Å². The van der Waals surface area contributed by atoms with Crippen LogP contribution in [0.2, 0.25) is 0 Å². The van der Waals surface area contributed by atoms with Crippen LogP contribution < -0.4 is 4.74 Å². The molecule has 0 aromatic heterocycles. The van der Waals surface area contributed by atoms with Crippen molar-refractivity contribution in [3.63, 3.8) is 0 Å². The summed E-state index contributed by atoms with van der Waals surface area (Å²) in [5.41, 5.74) is -1.83. The second kappa shape index (κ2) is 5.11.